The summed E-state index contributed by atoms with van der Waals surface area (Å²) in [5.41, 5.74) is 1.97. The quantitative estimate of drug-likeness (QED) is 0.123. The number of pyridine rings is 2. The van der Waals surface area contributed by atoms with E-state index in [0.717, 1.165) is 30.8 Å². The Morgan fingerprint density at radius 1 is 0.868 bits per heavy atom. The molecule has 3 aromatic rings. The van der Waals surface area contributed by atoms with Crippen LogP contribution in [0.5, 0.6) is 0 Å². The number of esters is 1. The first-order chi connectivity index (χ1) is 18.2. The molecule has 0 atom stereocenters. The van der Waals surface area contributed by atoms with Crippen molar-refractivity contribution in [3.05, 3.63) is 78.9 Å². The van der Waals surface area contributed by atoms with E-state index in [1.807, 2.05) is 36.4 Å². The van der Waals surface area contributed by atoms with Crippen molar-refractivity contribution in [1.82, 2.24) is 19.4 Å². The molecule has 7 nitrogen and oxygen atoms in total. The average molecular weight is 587 g/mol. The summed E-state index contributed by atoms with van der Waals surface area (Å²) in [7, 11) is 2.06. The molecule has 3 heterocycles. The summed E-state index contributed by atoms with van der Waals surface area (Å²) >= 11 is 0. The first-order valence-corrected chi connectivity index (χ1v) is 13.9. The van der Waals surface area contributed by atoms with Gasteiger partial charge in [-0.15, -0.1) is 0 Å². The molecule has 3 aromatic heterocycles. The lowest BCUT2D eigenvalue weighted by Gasteiger charge is -2.21. The van der Waals surface area contributed by atoms with E-state index in [1.54, 1.807) is 12.4 Å². The second-order valence-electron chi connectivity index (χ2n) is 9.82. The van der Waals surface area contributed by atoms with Crippen molar-refractivity contribution in [2.45, 2.75) is 83.8 Å². The third-order valence-corrected chi connectivity index (χ3v) is 6.50. The molecule has 0 bridgehead atoms. The van der Waals surface area contributed by atoms with E-state index in [9.17, 15) is 4.79 Å². The van der Waals surface area contributed by atoms with Gasteiger partial charge in [0.25, 0.3) is 0 Å². The number of halogens is 1. The predicted octanol–water partition coefficient (Wildman–Crippen LogP) is 2.25. The van der Waals surface area contributed by atoms with Crippen molar-refractivity contribution in [2.75, 3.05) is 13.2 Å². The van der Waals surface area contributed by atoms with Crippen LogP contribution in [-0.4, -0.2) is 38.6 Å². The van der Waals surface area contributed by atoms with Gasteiger partial charge in [0, 0.05) is 32.0 Å². The second kappa shape index (κ2) is 19.5. The number of nitrogens with zero attached hydrogens (tertiary/aromatic N) is 5. The molecule has 3 rings (SSSR count). The Kier molecular flexibility index (Phi) is 16.2. The van der Waals surface area contributed by atoms with Crippen molar-refractivity contribution < 1.29 is 31.1 Å². The summed E-state index contributed by atoms with van der Waals surface area (Å²) in [6.45, 7) is 3.62. The number of carbonyl (C=O) groups excluding carboxylic acids is 1. The number of ether oxygens (including phenoxy) is 1. The molecule has 0 aliphatic heterocycles. The highest BCUT2D eigenvalue weighted by Crippen LogP contribution is 2.11. The first-order valence-electron chi connectivity index (χ1n) is 13.9. The highest BCUT2D eigenvalue weighted by atomic mass is 79.9. The Morgan fingerprint density at radius 3 is 1.97 bits per heavy atom. The molecular formula is C30H44BrN5O2. The van der Waals surface area contributed by atoms with Crippen LogP contribution in [-0.2, 0) is 36.2 Å². The van der Waals surface area contributed by atoms with E-state index in [1.165, 1.54) is 44.9 Å². The lowest BCUT2D eigenvalue weighted by molar-refractivity contribution is -0.671. The van der Waals surface area contributed by atoms with Gasteiger partial charge in [-0.25, -0.2) is 9.13 Å². The number of hydrogen-bond donors (Lipinski definition) is 0. The zero-order valence-corrected chi connectivity index (χ0v) is 24.5. The van der Waals surface area contributed by atoms with Gasteiger partial charge in [0.15, 0.2) is 0 Å². The zero-order valence-electron chi connectivity index (χ0n) is 22.9. The molecular weight excluding hydrogens is 542 g/mol. The van der Waals surface area contributed by atoms with Crippen LogP contribution in [0.25, 0.3) is 0 Å². The zero-order chi connectivity index (χ0) is 26.0. The molecule has 0 amide bonds. The van der Waals surface area contributed by atoms with E-state index < -0.39 is 0 Å². The van der Waals surface area contributed by atoms with Crippen molar-refractivity contribution in [1.29, 1.82) is 0 Å². The summed E-state index contributed by atoms with van der Waals surface area (Å²) < 4.78 is 9.85. The van der Waals surface area contributed by atoms with Gasteiger partial charge < -0.3 is 21.7 Å². The van der Waals surface area contributed by atoms with Crippen molar-refractivity contribution >= 4 is 5.97 Å². The maximum absolute atomic E-state index is 12.3. The van der Waals surface area contributed by atoms with Crippen LogP contribution in [0.3, 0.4) is 0 Å². The Labute approximate surface area is 239 Å². The molecule has 0 saturated carbocycles. The number of unbranched alkanes of at least 4 members (excludes halogenated alkanes) is 8. The average Bonchev–Trinajstić information content (AvgIpc) is 3.34. The summed E-state index contributed by atoms with van der Waals surface area (Å²) in [6, 6.07) is 11.8. The number of rotatable bonds is 19. The molecule has 208 valence electrons. The standard InChI is InChI=1S/C30H44N5O2.BrH/c1-33-22-23-34(27-33)20-13-7-5-3-2-4-6-8-14-24-37-30(36)17-21-35(25-28-15-9-11-18-31-28)26-29-16-10-12-19-32-29;/h9-12,15-16,18-19,22-23,27H,2-8,13-14,17,20-21,24-26H2,1H3;1H/q+1;/p-1. The number of carbonyl (C=O) groups is 1. The van der Waals surface area contributed by atoms with Gasteiger partial charge >= 0.3 is 5.97 Å². The van der Waals surface area contributed by atoms with Gasteiger partial charge in [-0.1, -0.05) is 50.7 Å². The molecule has 0 saturated heterocycles. The molecule has 8 heteroatoms. The molecule has 0 aliphatic rings. The fraction of sp³-hybridized carbons (Fsp3) is 0.533. The van der Waals surface area contributed by atoms with Crippen LogP contribution < -0.4 is 21.5 Å². The Balaban J connectivity index is 0.00000507. The summed E-state index contributed by atoms with van der Waals surface area (Å²) in [6.07, 6.45) is 21.4. The van der Waals surface area contributed by atoms with Gasteiger partial charge in [0.1, 0.15) is 12.4 Å². The van der Waals surface area contributed by atoms with Crippen LogP contribution in [0.1, 0.15) is 75.6 Å². The number of aromatic nitrogens is 4. The minimum absolute atomic E-state index is 0. The van der Waals surface area contributed by atoms with Gasteiger partial charge in [-0.3, -0.25) is 19.7 Å². The van der Waals surface area contributed by atoms with Crippen molar-refractivity contribution in [3.63, 3.8) is 0 Å². The summed E-state index contributed by atoms with van der Waals surface area (Å²) in [5.74, 6) is -0.124. The predicted molar refractivity (Wildman–Crippen MR) is 145 cm³/mol. The summed E-state index contributed by atoms with van der Waals surface area (Å²) in [5, 5.41) is 0. The number of aryl methyl sites for hydroxylation is 2. The fourth-order valence-electron chi connectivity index (χ4n) is 4.43. The molecule has 0 aromatic carbocycles. The molecule has 38 heavy (non-hydrogen) atoms. The fourth-order valence-corrected chi connectivity index (χ4v) is 4.43. The van der Waals surface area contributed by atoms with Gasteiger partial charge in [-0.05, 0) is 43.5 Å². The maximum Gasteiger partial charge on any atom is 0.307 e. The maximum atomic E-state index is 12.3. The third-order valence-electron chi connectivity index (χ3n) is 6.50. The minimum Gasteiger partial charge on any atom is -1.00 e. The van der Waals surface area contributed by atoms with Crippen LogP contribution >= 0.6 is 0 Å². The topological polar surface area (TPSA) is 64.1 Å². The third kappa shape index (κ3) is 13.8. The number of hydrogen-bond acceptors (Lipinski definition) is 5. The van der Waals surface area contributed by atoms with E-state index in [4.69, 9.17) is 4.74 Å². The minimum atomic E-state index is -0.124. The van der Waals surface area contributed by atoms with E-state index in [0.29, 0.717) is 32.7 Å². The smallest absolute Gasteiger partial charge is 0.307 e. The van der Waals surface area contributed by atoms with Crippen LogP contribution in [0, 0.1) is 0 Å². The number of imidazole rings is 1. The highest BCUT2D eigenvalue weighted by molar-refractivity contribution is 5.69. The van der Waals surface area contributed by atoms with Crippen molar-refractivity contribution in [3.8, 4) is 0 Å². The van der Waals surface area contributed by atoms with Gasteiger partial charge in [0.2, 0.25) is 6.33 Å². The SMILES string of the molecule is C[n+]1ccn(CCCCCCCCCCCOC(=O)CCN(Cc2ccccn2)Cc2ccccn2)c1.[Br-]. The van der Waals surface area contributed by atoms with E-state index >= 15 is 0 Å². The van der Waals surface area contributed by atoms with Gasteiger partial charge in [-0.2, -0.15) is 0 Å². The monoisotopic (exact) mass is 585 g/mol. The lowest BCUT2D eigenvalue weighted by Crippen LogP contribution is -3.00. The first kappa shape index (κ1) is 31.6. The van der Waals surface area contributed by atoms with E-state index in [-0.39, 0.29) is 23.0 Å². The molecule has 0 radical (unpaired) electrons. The van der Waals surface area contributed by atoms with Crippen LogP contribution in [0.2, 0.25) is 0 Å². The Morgan fingerprint density at radius 2 is 1.45 bits per heavy atom. The van der Waals surface area contributed by atoms with Gasteiger partial charge in [0.05, 0.1) is 38.0 Å². The summed E-state index contributed by atoms with van der Waals surface area (Å²) in [4.78, 5) is 23.4. The second-order valence-corrected chi connectivity index (χ2v) is 9.82. The van der Waals surface area contributed by atoms with E-state index in [2.05, 4.69) is 49.8 Å². The Bertz CT molecular complexity index is 959. The Hall–Kier alpha value is -2.58. The lowest BCUT2D eigenvalue weighted by atomic mass is 10.1. The molecule has 0 spiro atoms. The van der Waals surface area contributed by atoms with Crippen molar-refractivity contribution in [2.24, 2.45) is 7.05 Å². The molecule has 0 unspecified atom stereocenters. The molecule has 0 fully saturated rings. The molecule has 0 aliphatic carbocycles. The molecule has 0 N–H and O–H groups in total. The van der Waals surface area contributed by atoms with Crippen LogP contribution in [0.4, 0.5) is 0 Å². The normalized spacial score (nSPS) is 10.9. The van der Waals surface area contributed by atoms with Crippen LogP contribution in [0.15, 0.2) is 67.5 Å². The largest absolute Gasteiger partial charge is 1.00 e. The highest BCUT2D eigenvalue weighted by Gasteiger charge is 2.12.